The molecule has 4 rings (SSSR count). The van der Waals surface area contributed by atoms with Crippen molar-refractivity contribution in [2.75, 3.05) is 4.90 Å². The van der Waals surface area contributed by atoms with Gasteiger partial charge < -0.3 is 13.9 Å². The first kappa shape index (κ1) is 17.2. The van der Waals surface area contributed by atoms with Crippen molar-refractivity contribution in [1.29, 1.82) is 0 Å². The lowest BCUT2D eigenvalue weighted by molar-refractivity contribution is -0.117. The molecule has 3 heterocycles. The first-order chi connectivity index (χ1) is 13.0. The van der Waals surface area contributed by atoms with Crippen LogP contribution in [-0.4, -0.2) is 16.8 Å². The number of hydrogen-bond acceptors (Lipinski definition) is 5. The van der Waals surface area contributed by atoms with Crippen LogP contribution in [-0.2, 0) is 4.79 Å². The van der Waals surface area contributed by atoms with Gasteiger partial charge in [-0.2, -0.15) is 0 Å². The summed E-state index contributed by atoms with van der Waals surface area (Å²) in [6.45, 7) is 1.76. The van der Waals surface area contributed by atoms with Crippen molar-refractivity contribution in [3.63, 3.8) is 0 Å². The van der Waals surface area contributed by atoms with Crippen molar-refractivity contribution in [3.05, 3.63) is 88.4 Å². The Hall–Kier alpha value is -3.25. The second-order valence-electron chi connectivity index (χ2n) is 6.05. The molecule has 0 aliphatic carbocycles. The van der Waals surface area contributed by atoms with Crippen molar-refractivity contribution in [2.24, 2.45) is 0 Å². The summed E-state index contributed by atoms with van der Waals surface area (Å²) >= 11 is 6.21. The molecule has 0 saturated carbocycles. The zero-order chi connectivity index (χ0) is 19.1. The quantitative estimate of drug-likeness (QED) is 0.664. The molecule has 136 valence electrons. The summed E-state index contributed by atoms with van der Waals surface area (Å²) in [6, 6.07) is 10.5. The molecular formula is C20H14ClNO5. The lowest BCUT2D eigenvalue weighted by Crippen LogP contribution is -2.31. The van der Waals surface area contributed by atoms with E-state index in [0.29, 0.717) is 22.0 Å². The van der Waals surface area contributed by atoms with Gasteiger partial charge in [0.1, 0.15) is 11.8 Å². The topological polar surface area (TPSA) is 83.9 Å². The van der Waals surface area contributed by atoms with E-state index >= 15 is 0 Å². The predicted octanol–water partition coefficient (Wildman–Crippen LogP) is 4.62. The van der Waals surface area contributed by atoms with Gasteiger partial charge >= 0.3 is 0 Å². The summed E-state index contributed by atoms with van der Waals surface area (Å²) in [5.74, 6) is -1.59. The number of aliphatic hydroxyl groups excluding tert-OH is 1. The number of amides is 1. The molecule has 1 aliphatic rings. The molecule has 0 fully saturated rings. The number of carbonyl (C=O) groups is 2. The van der Waals surface area contributed by atoms with Crippen LogP contribution in [0.15, 0.2) is 75.2 Å². The number of benzene rings is 1. The number of anilines is 1. The Balaban J connectivity index is 1.90. The van der Waals surface area contributed by atoms with Gasteiger partial charge in [-0.15, -0.1) is 0 Å². The lowest BCUT2D eigenvalue weighted by atomic mass is 9.99. The second kappa shape index (κ2) is 6.48. The molecule has 1 atom stereocenters. The van der Waals surface area contributed by atoms with Crippen LogP contribution in [0, 0.1) is 6.92 Å². The van der Waals surface area contributed by atoms with Gasteiger partial charge in [-0.05, 0) is 48.9 Å². The molecule has 1 amide bonds. The fourth-order valence-electron chi connectivity index (χ4n) is 3.20. The van der Waals surface area contributed by atoms with Gasteiger partial charge in [-0.3, -0.25) is 14.5 Å². The average Bonchev–Trinajstić information content (AvgIpc) is 3.40. The Bertz CT molecular complexity index is 1050. The van der Waals surface area contributed by atoms with Crippen LogP contribution >= 0.6 is 11.6 Å². The maximum Gasteiger partial charge on any atom is 0.294 e. The van der Waals surface area contributed by atoms with Crippen molar-refractivity contribution >= 4 is 29.0 Å². The Labute approximate surface area is 159 Å². The maximum atomic E-state index is 12.9. The van der Waals surface area contributed by atoms with Crippen molar-refractivity contribution in [3.8, 4) is 0 Å². The molecule has 7 heteroatoms. The molecule has 0 bridgehead atoms. The van der Waals surface area contributed by atoms with Gasteiger partial charge in [0.15, 0.2) is 11.5 Å². The largest absolute Gasteiger partial charge is 0.503 e. The Morgan fingerprint density at radius 1 is 1.11 bits per heavy atom. The van der Waals surface area contributed by atoms with Crippen molar-refractivity contribution in [1.82, 2.24) is 0 Å². The third kappa shape index (κ3) is 2.65. The van der Waals surface area contributed by atoms with E-state index in [4.69, 9.17) is 20.4 Å². The first-order valence-electron chi connectivity index (χ1n) is 8.14. The number of ketones is 1. The molecule has 0 saturated heterocycles. The van der Waals surface area contributed by atoms with Crippen LogP contribution in [0.2, 0.25) is 5.02 Å². The highest BCUT2D eigenvalue weighted by molar-refractivity contribution is 6.32. The normalized spacial score (nSPS) is 17.0. The van der Waals surface area contributed by atoms with Gasteiger partial charge in [-0.25, -0.2) is 0 Å². The van der Waals surface area contributed by atoms with Crippen LogP contribution in [0.4, 0.5) is 5.69 Å². The Morgan fingerprint density at radius 2 is 1.85 bits per heavy atom. The van der Waals surface area contributed by atoms with Gasteiger partial charge in [0, 0.05) is 10.7 Å². The molecule has 3 aromatic rings. The summed E-state index contributed by atoms with van der Waals surface area (Å²) in [7, 11) is 0. The minimum atomic E-state index is -0.942. The fourth-order valence-corrected chi connectivity index (χ4v) is 3.37. The van der Waals surface area contributed by atoms with Crippen LogP contribution in [0.25, 0.3) is 0 Å². The number of rotatable bonds is 4. The van der Waals surface area contributed by atoms with Crippen LogP contribution in [0.1, 0.15) is 27.9 Å². The smallest absolute Gasteiger partial charge is 0.294 e. The number of nitrogens with zero attached hydrogens (tertiary/aromatic N) is 1. The third-order valence-corrected chi connectivity index (χ3v) is 4.92. The SMILES string of the molecule is Cc1c(Cl)cccc1N1C(=O)C(O)=C(C(=O)c2ccco2)C1c1ccco1. The van der Waals surface area contributed by atoms with E-state index in [9.17, 15) is 14.7 Å². The number of aliphatic hydroxyl groups is 1. The highest BCUT2D eigenvalue weighted by Gasteiger charge is 2.47. The lowest BCUT2D eigenvalue weighted by Gasteiger charge is -2.26. The van der Waals surface area contributed by atoms with Gasteiger partial charge in [0.25, 0.3) is 5.91 Å². The molecule has 1 aromatic carbocycles. The van der Waals surface area contributed by atoms with E-state index in [-0.39, 0.29) is 11.3 Å². The summed E-state index contributed by atoms with van der Waals surface area (Å²) < 4.78 is 10.6. The van der Waals surface area contributed by atoms with Crippen LogP contribution in [0.3, 0.4) is 0 Å². The fraction of sp³-hybridized carbons (Fsp3) is 0.100. The Kier molecular flexibility index (Phi) is 4.12. The van der Waals surface area contributed by atoms with Crippen LogP contribution in [0.5, 0.6) is 0 Å². The molecule has 1 N–H and O–H groups in total. The number of hydrogen-bond donors (Lipinski definition) is 1. The summed E-state index contributed by atoms with van der Waals surface area (Å²) in [4.78, 5) is 27.2. The number of halogens is 1. The van der Waals surface area contributed by atoms with Gasteiger partial charge in [-0.1, -0.05) is 17.7 Å². The molecule has 6 nitrogen and oxygen atoms in total. The molecule has 2 aromatic heterocycles. The van der Waals surface area contributed by atoms with Crippen LogP contribution < -0.4 is 4.90 Å². The second-order valence-corrected chi connectivity index (χ2v) is 6.45. The van der Waals surface area contributed by atoms with Crippen molar-refractivity contribution < 1.29 is 23.5 Å². The maximum absolute atomic E-state index is 12.9. The summed E-state index contributed by atoms with van der Waals surface area (Å²) in [5.41, 5.74) is 1.01. The molecule has 1 unspecified atom stereocenters. The van der Waals surface area contributed by atoms with E-state index in [1.54, 1.807) is 43.3 Å². The van der Waals surface area contributed by atoms with E-state index in [1.165, 1.54) is 23.5 Å². The highest BCUT2D eigenvalue weighted by Crippen LogP contribution is 2.43. The summed E-state index contributed by atoms with van der Waals surface area (Å²) in [6.07, 6.45) is 2.79. The van der Waals surface area contributed by atoms with Gasteiger partial charge in [0.05, 0.1) is 18.1 Å². The minimum Gasteiger partial charge on any atom is -0.503 e. The monoisotopic (exact) mass is 383 g/mol. The van der Waals surface area contributed by atoms with E-state index < -0.39 is 23.5 Å². The number of furan rings is 2. The third-order valence-electron chi connectivity index (χ3n) is 4.51. The predicted molar refractivity (Wildman–Crippen MR) is 97.8 cm³/mol. The number of carbonyl (C=O) groups excluding carboxylic acids is 2. The molecule has 27 heavy (non-hydrogen) atoms. The standard InChI is InChI=1S/C20H14ClNO5/c1-11-12(21)5-2-6-13(11)22-17(14-7-3-9-26-14)16(19(24)20(22)25)18(23)15-8-4-10-27-15/h2-10,17,24H,1H3. The zero-order valence-electron chi connectivity index (χ0n) is 14.2. The van der Waals surface area contributed by atoms with E-state index in [2.05, 4.69) is 0 Å². The Morgan fingerprint density at radius 3 is 2.52 bits per heavy atom. The first-order valence-corrected chi connectivity index (χ1v) is 8.52. The van der Waals surface area contributed by atoms with Crippen molar-refractivity contribution in [2.45, 2.75) is 13.0 Å². The molecule has 0 radical (unpaired) electrons. The highest BCUT2D eigenvalue weighted by atomic mass is 35.5. The number of Topliss-reactive ketones (excluding diaryl/α,β-unsaturated/α-hetero) is 1. The minimum absolute atomic E-state index is 0.0190. The molecule has 0 spiro atoms. The van der Waals surface area contributed by atoms with E-state index in [1.807, 2.05) is 0 Å². The van der Waals surface area contributed by atoms with E-state index in [0.717, 1.165) is 0 Å². The zero-order valence-corrected chi connectivity index (χ0v) is 14.9. The van der Waals surface area contributed by atoms with Gasteiger partial charge in [0.2, 0.25) is 5.78 Å². The average molecular weight is 384 g/mol. The molecular weight excluding hydrogens is 370 g/mol. The summed E-state index contributed by atoms with van der Waals surface area (Å²) in [5, 5.41) is 11.0. The molecule has 1 aliphatic heterocycles.